The van der Waals surface area contributed by atoms with Crippen molar-refractivity contribution >= 4 is 47.1 Å². The van der Waals surface area contributed by atoms with Crippen LogP contribution in [0.4, 0.5) is 0 Å². The number of hydrogen-bond acceptors (Lipinski definition) is 3. The fraction of sp³-hybridized carbons (Fsp3) is 1.00. The molecule has 0 aromatic carbocycles. The highest BCUT2D eigenvalue weighted by Crippen LogP contribution is 2.75. The molecule has 0 bridgehead atoms. The number of rotatable bonds is 4. The molecule has 7 nitrogen and oxygen atoms in total. The topological polar surface area (TPSA) is 127 Å². The molecular formula is C13H27Br2NO6P2. The second-order valence-corrected chi connectivity index (χ2v) is 16.2. The van der Waals surface area contributed by atoms with Gasteiger partial charge in [-0.2, -0.15) is 0 Å². The highest BCUT2D eigenvalue weighted by molar-refractivity contribution is 9.29. The van der Waals surface area contributed by atoms with Crippen LogP contribution in [0.3, 0.4) is 0 Å². The summed E-state index contributed by atoms with van der Waals surface area (Å²) >= 11 is 4.43. The zero-order chi connectivity index (χ0) is 18.4. The van der Waals surface area contributed by atoms with Gasteiger partial charge in [0.25, 0.3) is 2.72 Å². The molecule has 0 radical (unpaired) electrons. The van der Waals surface area contributed by atoms with Gasteiger partial charge in [-0.25, -0.2) is 0 Å². The van der Waals surface area contributed by atoms with Crippen molar-refractivity contribution in [2.45, 2.75) is 79.0 Å². The van der Waals surface area contributed by atoms with Crippen molar-refractivity contribution in [2.24, 2.45) is 0 Å². The summed E-state index contributed by atoms with van der Waals surface area (Å²) in [5, 5.41) is 3.86. The van der Waals surface area contributed by atoms with E-state index in [0.717, 1.165) is 12.1 Å². The third-order valence-corrected chi connectivity index (χ3v) is 12.9. The Balaban J connectivity index is 0.000000245. The monoisotopic (exact) mass is 513 g/mol. The first-order valence-corrected chi connectivity index (χ1v) is 13.0. The summed E-state index contributed by atoms with van der Waals surface area (Å²) in [7, 11) is -9.84. The Morgan fingerprint density at radius 1 is 0.708 bits per heavy atom. The lowest BCUT2D eigenvalue weighted by molar-refractivity contribution is 0.291. The number of nitrogens with one attached hydrogen (secondary N) is 1. The van der Waals surface area contributed by atoms with E-state index in [0.29, 0.717) is 0 Å². The summed E-state index contributed by atoms with van der Waals surface area (Å²) in [5.41, 5.74) is 0. The maximum absolute atomic E-state index is 10.4. The molecule has 144 valence electrons. The molecule has 2 aliphatic carbocycles. The Morgan fingerprint density at radius 3 is 1.21 bits per heavy atom. The average Bonchev–Trinajstić information content (AvgIpc) is 2.48. The summed E-state index contributed by atoms with van der Waals surface area (Å²) in [6, 6.07) is 1.74. The van der Waals surface area contributed by atoms with Crippen LogP contribution in [0.5, 0.6) is 0 Å². The molecular weight excluding hydrogens is 488 g/mol. The van der Waals surface area contributed by atoms with E-state index in [2.05, 4.69) is 37.2 Å². The van der Waals surface area contributed by atoms with Crippen molar-refractivity contribution < 1.29 is 28.7 Å². The summed E-state index contributed by atoms with van der Waals surface area (Å²) in [6.07, 6.45) is 14.6. The molecule has 11 heteroatoms. The maximum Gasteiger partial charge on any atom is 0.365 e. The first-order chi connectivity index (χ1) is 10.9. The molecule has 0 spiro atoms. The minimum absolute atomic E-state index is 0.872. The second-order valence-electron chi connectivity index (χ2n) is 6.43. The summed E-state index contributed by atoms with van der Waals surface area (Å²) in [5.74, 6) is 0. The lowest BCUT2D eigenvalue weighted by Crippen LogP contribution is -2.40. The fourth-order valence-electron chi connectivity index (χ4n) is 3.04. The number of hydrogen-bond donors (Lipinski definition) is 5. The van der Waals surface area contributed by atoms with E-state index in [4.69, 9.17) is 19.6 Å². The molecule has 0 atom stereocenters. The van der Waals surface area contributed by atoms with Gasteiger partial charge in [-0.05, 0) is 57.5 Å². The minimum atomic E-state index is -4.92. The highest BCUT2D eigenvalue weighted by Gasteiger charge is 2.56. The van der Waals surface area contributed by atoms with Crippen LogP contribution < -0.4 is 5.32 Å². The van der Waals surface area contributed by atoms with Crippen molar-refractivity contribution in [1.29, 1.82) is 0 Å². The van der Waals surface area contributed by atoms with E-state index in [-0.39, 0.29) is 0 Å². The van der Waals surface area contributed by atoms with Crippen molar-refractivity contribution in [3.8, 4) is 0 Å². The first-order valence-electron chi connectivity index (χ1n) is 8.20. The van der Waals surface area contributed by atoms with Gasteiger partial charge in [0.15, 0.2) is 0 Å². The molecule has 0 heterocycles. The predicted molar refractivity (Wildman–Crippen MR) is 102 cm³/mol. The second kappa shape index (κ2) is 9.95. The van der Waals surface area contributed by atoms with Crippen LogP contribution in [0.15, 0.2) is 0 Å². The standard InChI is InChI=1S/C12H23N.CH4Br2O6P2/c1-3-7-11(8-4-1)13-12-9-5-2-6-10-12;2-1(3,10(4,5)6)11(7,8)9/h11-13H,1-10H2;(H2,4,5,6)(H2,7,8,9). The molecule has 2 rings (SSSR count). The SMILES string of the molecule is C1CCC(NC2CCCCC2)CC1.O=P(O)(O)C(Br)(Br)P(=O)(O)O. The van der Waals surface area contributed by atoms with Crippen molar-refractivity contribution in [2.75, 3.05) is 0 Å². The number of halogens is 2. The normalized spacial score (nSPS) is 21.9. The lowest BCUT2D eigenvalue weighted by atomic mass is 9.91. The van der Waals surface area contributed by atoms with Gasteiger partial charge in [-0.3, -0.25) is 9.13 Å². The predicted octanol–water partition coefficient (Wildman–Crippen LogP) is 3.98. The third kappa shape index (κ3) is 7.45. The fourth-order valence-corrected chi connectivity index (χ4v) is 4.40. The van der Waals surface area contributed by atoms with Gasteiger partial charge in [0.2, 0.25) is 0 Å². The maximum atomic E-state index is 10.4. The van der Waals surface area contributed by atoms with E-state index >= 15 is 0 Å². The summed E-state index contributed by atoms with van der Waals surface area (Å²) < 4.78 is 18.1. The van der Waals surface area contributed by atoms with Crippen LogP contribution in [0.2, 0.25) is 0 Å². The molecule has 5 N–H and O–H groups in total. The van der Waals surface area contributed by atoms with E-state index < -0.39 is 17.9 Å². The van der Waals surface area contributed by atoms with Gasteiger partial charge in [-0.15, -0.1) is 0 Å². The van der Waals surface area contributed by atoms with Crippen molar-refractivity contribution in [3.63, 3.8) is 0 Å². The molecule has 0 aliphatic heterocycles. The number of alkyl halides is 2. The molecule has 0 unspecified atom stereocenters. The highest BCUT2D eigenvalue weighted by atomic mass is 79.9. The van der Waals surface area contributed by atoms with E-state index in [1.165, 1.54) is 64.2 Å². The average molecular weight is 515 g/mol. The van der Waals surface area contributed by atoms with Crippen LogP contribution in [-0.2, 0) is 9.13 Å². The molecule has 0 amide bonds. The van der Waals surface area contributed by atoms with E-state index in [1.807, 2.05) is 0 Å². The van der Waals surface area contributed by atoms with Gasteiger partial charge in [0, 0.05) is 12.1 Å². The minimum Gasteiger partial charge on any atom is -0.322 e. The van der Waals surface area contributed by atoms with Crippen LogP contribution in [0.1, 0.15) is 64.2 Å². The largest absolute Gasteiger partial charge is 0.365 e. The Kier molecular flexibility index (Phi) is 9.65. The van der Waals surface area contributed by atoms with E-state index in [1.54, 1.807) is 0 Å². The Hall–Kier alpha value is 1.22. The quantitative estimate of drug-likeness (QED) is 0.283. The van der Waals surface area contributed by atoms with Crippen molar-refractivity contribution in [3.05, 3.63) is 0 Å². The van der Waals surface area contributed by atoms with Crippen LogP contribution in [0.25, 0.3) is 0 Å². The van der Waals surface area contributed by atoms with Gasteiger partial charge in [0.1, 0.15) is 0 Å². The molecule has 2 saturated carbocycles. The molecule has 2 fully saturated rings. The smallest absolute Gasteiger partial charge is 0.322 e. The zero-order valence-electron chi connectivity index (χ0n) is 13.5. The van der Waals surface area contributed by atoms with Gasteiger partial charge < -0.3 is 24.9 Å². The Morgan fingerprint density at radius 2 is 1.00 bits per heavy atom. The molecule has 0 aromatic heterocycles. The molecule has 0 saturated heterocycles. The summed E-state index contributed by atoms with van der Waals surface area (Å²) in [6.45, 7) is 0. The Bertz CT molecular complexity index is 429. The van der Waals surface area contributed by atoms with Crippen molar-refractivity contribution in [1.82, 2.24) is 5.32 Å². The molecule has 0 aromatic rings. The van der Waals surface area contributed by atoms with Crippen LogP contribution in [0, 0.1) is 0 Å². The molecule has 24 heavy (non-hydrogen) atoms. The lowest BCUT2D eigenvalue weighted by Gasteiger charge is -2.30. The summed E-state index contributed by atoms with van der Waals surface area (Å²) in [4.78, 5) is 33.6. The van der Waals surface area contributed by atoms with Crippen LogP contribution in [-0.4, -0.2) is 34.4 Å². The van der Waals surface area contributed by atoms with Crippen LogP contribution >= 0.6 is 47.1 Å². The first kappa shape index (κ1) is 23.3. The third-order valence-electron chi connectivity index (χ3n) is 4.38. The van der Waals surface area contributed by atoms with Gasteiger partial charge in [-0.1, -0.05) is 38.5 Å². The molecule has 2 aliphatic rings. The zero-order valence-corrected chi connectivity index (χ0v) is 18.4. The van der Waals surface area contributed by atoms with Gasteiger partial charge >= 0.3 is 15.2 Å². The van der Waals surface area contributed by atoms with Gasteiger partial charge in [0.05, 0.1) is 0 Å². The van der Waals surface area contributed by atoms with E-state index in [9.17, 15) is 9.13 Å². The Labute approximate surface area is 160 Å².